The molecule has 2 aromatic heterocycles. The number of nitrogens with one attached hydrogen (secondary N) is 1. The molecule has 6 nitrogen and oxygen atoms in total. The number of aliphatic hydroxyl groups is 1. The molecule has 2 N–H and O–H groups in total. The molecule has 1 aliphatic heterocycles. The second-order valence-corrected chi connectivity index (χ2v) is 9.01. The molecule has 0 aliphatic carbocycles. The van der Waals surface area contributed by atoms with E-state index in [4.69, 9.17) is 4.98 Å². The highest BCUT2D eigenvalue weighted by Crippen LogP contribution is 2.27. The summed E-state index contributed by atoms with van der Waals surface area (Å²) in [5.74, 6) is 0.440. The number of ketones is 1. The maximum atomic E-state index is 12.8. The molecule has 1 unspecified atom stereocenters. The Morgan fingerprint density at radius 3 is 2.90 bits per heavy atom. The molecule has 3 aromatic rings. The van der Waals surface area contributed by atoms with E-state index >= 15 is 0 Å². The summed E-state index contributed by atoms with van der Waals surface area (Å²) in [7, 11) is 0. The molecule has 0 radical (unpaired) electrons. The van der Waals surface area contributed by atoms with Crippen molar-refractivity contribution in [1.29, 1.82) is 0 Å². The smallest absolute Gasteiger partial charge is 0.171 e. The first-order valence-electron chi connectivity index (χ1n) is 10.2. The zero-order chi connectivity index (χ0) is 20.6. The third-order valence-corrected chi connectivity index (χ3v) is 5.56. The van der Waals surface area contributed by atoms with Crippen LogP contribution in [0.4, 0.5) is 0 Å². The minimum Gasteiger partial charge on any atom is -0.396 e. The summed E-state index contributed by atoms with van der Waals surface area (Å²) in [6, 6.07) is 8.32. The molecule has 152 valence electrons. The van der Waals surface area contributed by atoms with Gasteiger partial charge in [0.2, 0.25) is 0 Å². The zero-order valence-electron chi connectivity index (χ0n) is 17.3. The Balaban J connectivity index is 1.62. The quantitative estimate of drug-likeness (QED) is 0.648. The van der Waals surface area contributed by atoms with E-state index in [1.807, 2.05) is 32.9 Å². The van der Waals surface area contributed by atoms with Crippen LogP contribution in [0.25, 0.3) is 22.4 Å². The van der Waals surface area contributed by atoms with E-state index in [9.17, 15) is 9.90 Å². The molecular formula is C23H28N4O2. The SMILES string of the molecule is CC(C)(C)C(=O)c1c[nH]c2ncc(-c3cccc(CN4CCC(CO)C4)c3)nc12. The maximum Gasteiger partial charge on any atom is 0.171 e. The van der Waals surface area contributed by atoms with Crippen molar-refractivity contribution in [2.75, 3.05) is 19.7 Å². The minimum absolute atomic E-state index is 0.0522. The summed E-state index contributed by atoms with van der Waals surface area (Å²) in [6.45, 7) is 8.81. The second-order valence-electron chi connectivity index (χ2n) is 9.01. The molecule has 1 saturated heterocycles. The van der Waals surface area contributed by atoms with Crippen molar-refractivity contribution in [1.82, 2.24) is 19.9 Å². The van der Waals surface area contributed by atoms with Gasteiger partial charge in [-0.15, -0.1) is 0 Å². The van der Waals surface area contributed by atoms with Crippen molar-refractivity contribution < 1.29 is 9.90 Å². The van der Waals surface area contributed by atoms with Gasteiger partial charge in [-0.05, 0) is 30.5 Å². The molecule has 1 fully saturated rings. The number of Topliss-reactive ketones (excluding diaryl/α,β-unsaturated/α-hetero) is 1. The first-order valence-corrected chi connectivity index (χ1v) is 10.2. The molecule has 3 heterocycles. The lowest BCUT2D eigenvalue weighted by Gasteiger charge is -2.16. The zero-order valence-corrected chi connectivity index (χ0v) is 17.3. The van der Waals surface area contributed by atoms with Gasteiger partial charge in [-0.2, -0.15) is 0 Å². The van der Waals surface area contributed by atoms with Gasteiger partial charge < -0.3 is 10.1 Å². The van der Waals surface area contributed by atoms with Crippen molar-refractivity contribution in [3.8, 4) is 11.3 Å². The van der Waals surface area contributed by atoms with Crippen LogP contribution in [0, 0.1) is 11.3 Å². The van der Waals surface area contributed by atoms with Gasteiger partial charge in [0.25, 0.3) is 0 Å². The van der Waals surface area contributed by atoms with Gasteiger partial charge in [-0.25, -0.2) is 9.97 Å². The molecule has 1 aliphatic rings. The minimum atomic E-state index is -0.477. The van der Waals surface area contributed by atoms with Crippen molar-refractivity contribution in [3.63, 3.8) is 0 Å². The van der Waals surface area contributed by atoms with Crippen LogP contribution in [0.3, 0.4) is 0 Å². The van der Waals surface area contributed by atoms with E-state index in [2.05, 4.69) is 27.0 Å². The van der Waals surface area contributed by atoms with Crippen LogP contribution >= 0.6 is 0 Å². The fourth-order valence-corrected chi connectivity index (χ4v) is 3.90. The Labute approximate surface area is 171 Å². The molecule has 29 heavy (non-hydrogen) atoms. The van der Waals surface area contributed by atoms with Crippen LogP contribution in [-0.4, -0.2) is 50.4 Å². The normalized spacial score (nSPS) is 17.9. The van der Waals surface area contributed by atoms with E-state index < -0.39 is 5.41 Å². The molecule has 0 bridgehead atoms. The highest BCUT2D eigenvalue weighted by atomic mass is 16.3. The Kier molecular flexibility index (Phi) is 5.23. The first kappa shape index (κ1) is 19.7. The Bertz CT molecular complexity index is 1030. The molecule has 4 rings (SSSR count). The molecule has 6 heteroatoms. The number of hydrogen-bond acceptors (Lipinski definition) is 5. The summed E-state index contributed by atoms with van der Waals surface area (Å²) < 4.78 is 0. The lowest BCUT2D eigenvalue weighted by Crippen LogP contribution is -2.21. The van der Waals surface area contributed by atoms with Gasteiger partial charge in [0.15, 0.2) is 11.4 Å². The van der Waals surface area contributed by atoms with Crippen LogP contribution in [0.1, 0.15) is 43.1 Å². The Morgan fingerprint density at radius 1 is 1.34 bits per heavy atom. The third-order valence-electron chi connectivity index (χ3n) is 5.56. The van der Waals surface area contributed by atoms with Crippen LogP contribution in [0.2, 0.25) is 0 Å². The monoisotopic (exact) mass is 392 g/mol. The summed E-state index contributed by atoms with van der Waals surface area (Å²) in [4.78, 5) is 27.5. The second kappa shape index (κ2) is 7.69. The lowest BCUT2D eigenvalue weighted by atomic mass is 9.87. The van der Waals surface area contributed by atoms with Crippen LogP contribution in [0.5, 0.6) is 0 Å². The van der Waals surface area contributed by atoms with Crippen LogP contribution in [-0.2, 0) is 6.54 Å². The number of fused-ring (bicyclic) bond motifs is 1. The number of aliphatic hydroxyl groups excluding tert-OH is 1. The molecule has 1 atom stereocenters. The number of aromatic nitrogens is 3. The fraction of sp³-hybridized carbons (Fsp3) is 0.435. The number of benzene rings is 1. The van der Waals surface area contributed by atoms with E-state index in [1.54, 1.807) is 12.4 Å². The van der Waals surface area contributed by atoms with Crippen molar-refractivity contribution in [3.05, 3.63) is 47.8 Å². The van der Waals surface area contributed by atoms with Crippen molar-refractivity contribution >= 4 is 16.9 Å². The predicted octanol–water partition coefficient (Wildman–Crippen LogP) is 3.67. The highest BCUT2D eigenvalue weighted by molar-refractivity contribution is 6.08. The topological polar surface area (TPSA) is 82.1 Å². The summed E-state index contributed by atoms with van der Waals surface area (Å²) in [6.07, 6.45) is 4.51. The average Bonchev–Trinajstić information content (AvgIpc) is 3.33. The van der Waals surface area contributed by atoms with Gasteiger partial charge in [0.1, 0.15) is 5.52 Å². The van der Waals surface area contributed by atoms with Crippen LogP contribution < -0.4 is 0 Å². The standard InChI is InChI=1S/C23H28N4O2/c1-23(2,3)21(29)18-10-24-22-20(18)26-19(11-25-22)17-6-4-5-15(9-17)12-27-8-7-16(13-27)14-28/h4-6,9-11,16,28H,7-8,12-14H2,1-3H3,(H,24,25). The molecule has 0 spiro atoms. The number of carbonyl (C=O) groups excluding carboxylic acids is 1. The predicted molar refractivity (Wildman–Crippen MR) is 114 cm³/mol. The van der Waals surface area contributed by atoms with Crippen molar-refractivity contribution in [2.24, 2.45) is 11.3 Å². The largest absolute Gasteiger partial charge is 0.396 e. The van der Waals surface area contributed by atoms with Gasteiger partial charge >= 0.3 is 0 Å². The van der Waals surface area contributed by atoms with E-state index in [1.165, 1.54) is 5.56 Å². The molecule has 0 saturated carbocycles. The fourth-order valence-electron chi connectivity index (χ4n) is 3.90. The summed E-state index contributed by atoms with van der Waals surface area (Å²) >= 11 is 0. The lowest BCUT2D eigenvalue weighted by molar-refractivity contribution is 0.0860. The van der Waals surface area contributed by atoms with Crippen molar-refractivity contribution in [2.45, 2.75) is 33.7 Å². The summed E-state index contributed by atoms with van der Waals surface area (Å²) in [5, 5.41) is 9.35. The average molecular weight is 393 g/mol. The van der Waals surface area contributed by atoms with Gasteiger partial charge in [-0.3, -0.25) is 9.69 Å². The highest BCUT2D eigenvalue weighted by Gasteiger charge is 2.26. The van der Waals surface area contributed by atoms with Gasteiger partial charge in [-0.1, -0.05) is 39.0 Å². The van der Waals surface area contributed by atoms with Crippen LogP contribution in [0.15, 0.2) is 36.7 Å². The number of hydrogen-bond donors (Lipinski definition) is 2. The number of carbonyl (C=O) groups is 1. The number of rotatable bonds is 5. The maximum absolute atomic E-state index is 12.8. The number of H-pyrrole nitrogens is 1. The molecular weight excluding hydrogens is 364 g/mol. The first-order chi connectivity index (χ1) is 13.8. The number of aromatic amines is 1. The Hall–Kier alpha value is -2.57. The van der Waals surface area contributed by atoms with E-state index in [0.717, 1.165) is 37.3 Å². The number of nitrogens with zero attached hydrogens (tertiary/aromatic N) is 3. The number of likely N-dealkylation sites (tertiary alicyclic amines) is 1. The van der Waals surface area contributed by atoms with Gasteiger partial charge in [0, 0.05) is 36.9 Å². The van der Waals surface area contributed by atoms with E-state index in [0.29, 0.717) is 22.6 Å². The third kappa shape index (κ3) is 4.09. The van der Waals surface area contributed by atoms with Gasteiger partial charge in [0.05, 0.1) is 17.5 Å². The molecule has 1 aromatic carbocycles. The summed E-state index contributed by atoms with van der Waals surface area (Å²) in [5.41, 5.74) is 4.33. The molecule has 0 amide bonds. The Morgan fingerprint density at radius 2 is 2.17 bits per heavy atom. The van der Waals surface area contributed by atoms with E-state index in [-0.39, 0.29) is 12.4 Å².